The van der Waals surface area contributed by atoms with E-state index in [0.29, 0.717) is 18.7 Å². The van der Waals surface area contributed by atoms with Crippen LogP contribution in [0.4, 0.5) is 9.18 Å². The Labute approximate surface area is 117 Å². The normalized spacial score (nSPS) is 10.1. The van der Waals surface area contributed by atoms with E-state index in [1.807, 2.05) is 30.3 Å². The van der Waals surface area contributed by atoms with Crippen molar-refractivity contribution < 1.29 is 9.18 Å². The molecule has 0 aliphatic rings. The van der Waals surface area contributed by atoms with Gasteiger partial charge in [-0.1, -0.05) is 42.5 Å². The van der Waals surface area contributed by atoms with Gasteiger partial charge in [0.2, 0.25) is 0 Å². The highest BCUT2D eigenvalue weighted by molar-refractivity contribution is 5.73. The molecule has 0 unspecified atom stereocenters. The van der Waals surface area contributed by atoms with Crippen LogP contribution in [0.2, 0.25) is 0 Å². The number of urea groups is 1. The molecule has 0 atom stereocenters. The number of carbonyl (C=O) groups excluding carboxylic acids is 1. The molecule has 0 aliphatic heterocycles. The van der Waals surface area contributed by atoms with E-state index in [-0.39, 0.29) is 11.8 Å². The summed E-state index contributed by atoms with van der Waals surface area (Å²) in [5, 5.41) is 5.45. The first-order valence-electron chi connectivity index (χ1n) is 6.46. The summed E-state index contributed by atoms with van der Waals surface area (Å²) in [6.07, 6.45) is 0. The predicted molar refractivity (Wildman–Crippen MR) is 76.7 cm³/mol. The molecule has 2 N–H and O–H groups in total. The number of aryl methyl sites for hydroxylation is 1. The van der Waals surface area contributed by atoms with Crippen molar-refractivity contribution in [2.75, 3.05) is 0 Å². The second kappa shape index (κ2) is 6.70. The van der Waals surface area contributed by atoms with Gasteiger partial charge in [0.25, 0.3) is 0 Å². The summed E-state index contributed by atoms with van der Waals surface area (Å²) in [5.74, 6) is -0.256. The zero-order chi connectivity index (χ0) is 14.4. The van der Waals surface area contributed by atoms with Crippen LogP contribution in [0.1, 0.15) is 16.7 Å². The van der Waals surface area contributed by atoms with Crippen LogP contribution in [-0.2, 0) is 13.1 Å². The zero-order valence-electron chi connectivity index (χ0n) is 11.3. The SMILES string of the molecule is Cc1ccc(CNC(=O)NCc2ccccc2)cc1F. The van der Waals surface area contributed by atoms with Crippen molar-refractivity contribution in [2.24, 2.45) is 0 Å². The number of nitrogens with one attached hydrogen (secondary N) is 2. The summed E-state index contributed by atoms with van der Waals surface area (Å²) in [4.78, 5) is 11.6. The highest BCUT2D eigenvalue weighted by Gasteiger charge is 2.02. The van der Waals surface area contributed by atoms with Crippen LogP contribution in [0.5, 0.6) is 0 Å². The molecular formula is C16H17FN2O. The fourth-order valence-electron chi connectivity index (χ4n) is 1.77. The first-order chi connectivity index (χ1) is 9.65. The van der Waals surface area contributed by atoms with Crippen LogP contribution in [0, 0.1) is 12.7 Å². The van der Waals surface area contributed by atoms with Crippen LogP contribution in [-0.4, -0.2) is 6.03 Å². The number of hydrogen-bond acceptors (Lipinski definition) is 1. The average Bonchev–Trinajstić information content (AvgIpc) is 2.47. The topological polar surface area (TPSA) is 41.1 Å². The molecule has 2 aromatic carbocycles. The summed E-state index contributed by atoms with van der Waals surface area (Å²) < 4.78 is 13.3. The Kier molecular flexibility index (Phi) is 4.71. The molecule has 0 bridgehead atoms. The quantitative estimate of drug-likeness (QED) is 0.882. The maximum absolute atomic E-state index is 13.3. The van der Waals surface area contributed by atoms with Gasteiger partial charge in [-0.25, -0.2) is 9.18 Å². The first kappa shape index (κ1) is 14.1. The first-order valence-corrected chi connectivity index (χ1v) is 6.46. The molecule has 20 heavy (non-hydrogen) atoms. The molecule has 0 saturated carbocycles. The minimum Gasteiger partial charge on any atom is -0.334 e. The Balaban J connectivity index is 1.79. The Morgan fingerprint density at radius 1 is 1.00 bits per heavy atom. The van der Waals surface area contributed by atoms with Crippen LogP contribution in [0.3, 0.4) is 0 Å². The Hall–Kier alpha value is -2.36. The maximum Gasteiger partial charge on any atom is 0.315 e. The number of halogens is 1. The fourth-order valence-corrected chi connectivity index (χ4v) is 1.77. The van der Waals surface area contributed by atoms with Gasteiger partial charge in [0, 0.05) is 13.1 Å². The third-order valence-electron chi connectivity index (χ3n) is 2.99. The van der Waals surface area contributed by atoms with Gasteiger partial charge in [-0.15, -0.1) is 0 Å². The lowest BCUT2D eigenvalue weighted by atomic mass is 10.1. The van der Waals surface area contributed by atoms with Crippen molar-refractivity contribution in [3.8, 4) is 0 Å². The monoisotopic (exact) mass is 272 g/mol. The van der Waals surface area contributed by atoms with Crippen LogP contribution >= 0.6 is 0 Å². The standard InChI is InChI=1S/C16H17FN2O/c1-12-7-8-14(9-15(12)17)11-19-16(20)18-10-13-5-3-2-4-6-13/h2-9H,10-11H2,1H3,(H2,18,19,20). The third-order valence-corrected chi connectivity index (χ3v) is 2.99. The molecule has 104 valence electrons. The highest BCUT2D eigenvalue weighted by atomic mass is 19.1. The summed E-state index contributed by atoms with van der Waals surface area (Å²) in [6, 6.07) is 14.3. The second-order valence-corrected chi connectivity index (χ2v) is 4.61. The fraction of sp³-hybridized carbons (Fsp3) is 0.188. The molecule has 0 aliphatic carbocycles. The van der Waals surface area contributed by atoms with Crippen molar-refractivity contribution in [1.82, 2.24) is 10.6 Å². The van der Waals surface area contributed by atoms with Crippen LogP contribution < -0.4 is 10.6 Å². The van der Waals surface area contributed by atoms with E-state index in [2.05, 4.69) is 10.6 Å². The molecule has 0 spiro atoms. The summed E-state index contributed by atoms with van der Waals surface area (Å²) >= 11 is 0. The minimum atomic E-state index is -0.269. The van der Waals surface area contributed by atoms with Gasteiger partial charge in [-0.3, -0.25) is 0 Å². The van der Waals surface area contributed by atoms with Gasteiger partial charge in [-0.05, 0) is 29.7 Å². The molecule has 0 fully saturated rings. The Morgan fingerprint density at radius 3 is 2.30 bits per heavy atom. The van der Waals surface area contributed by atoms with Crippen molar-refractivity contribution in [1.29, 1.82) is 0 Å². The molecule has 0 aromatic heterocycles. The average molecular weight is 272 g/mol. The van der Waals surface area contributed by atoms with E-state index in [4.69, 9.17) is 0 Å². The van der Waals surface area contributed by atoms with Gasteiger partial charge in [0.1, 0.15) is 5.82 Å². The van der Waals surface area contributed by atoms with E-state index in [1.165, 1.54) is 6.07 Å². The number of rotatable bonds is 4. The number of carbonyl (C=O) groups is 1. The van der Waals surface area contributed by atoms with Gasteiger partial charge >= 0.3 is 6.03 Å². The molecule has 0 heterocycles. The van der Waals surface area contributed by atoms with Gasteiger partial charge in [-0.2, -0.15) is 0 Å². The lowest BCUT2D eigenvalue weighted by Gasteiger charge is -2.08. The molecule has 2 rings (SSSR count). The molecule has 2 amide bonds. The third kappa shape index (κ3) is 4.09. The summed E-state index contributed by atoms with van der Waals surface area (Å²) in [7, 11) is 0. The minimum absolute atomic E-state index is 0.256. The second-order valence-electron chi connectivity index (χ2n) is 4.61. The smallest absolute Gasteiger partial charge is 0.315 e. The van der Waals surface area contributed by atoms with Crippen molar-refractivity contribution >= 4 is 6.03 Å². The number of hydrogen-bond donors (Lipinski definition) is 2. The number of benzene rings is 2. The van der Waals surface area contributed by atoms with Crippen molar-refractivity contribution in [3.63, 3.8) is 0 Å². The van der Waals surface area contributed by atoms with E-state index >= 15 is 0 Å². The maximum atomic E-state index is 13.3. The summed E-state index contributed by atoms with van der Waals surface area (Å²) in [5.41, 5.74) is 2.37. The van der Waals surface area contributed by atoms with E-state index in [9.17, 15) is 9.18 Å². The van der Waals surface area contributed by atoms with Crippen LogP contribution in [0.25, 0.3) is 0 Å². The molecule has 4 heteroatoms. The summed E-state index contributed by atoms with van der Waals surface area (Å²) in [6.45, 7) is 2.48. The van der Waals surface area contributed by atoms with Crippen molar-refractivity contribution in [2.45, 2.75) is 20.0 Å². The zero-order valence-corrected chi connectivity index (χ0v) is 11.3. The largest absolute Gasteiger partial charge is 0.334 e. The molecule has 3 nitrogen and oxygen atoms in total. The van der Waals surface area contributed by atoms with Gasteiger partial charge in [0.15, 0.2) is 0 Å². The number of amides is 2. The highest BCUT2D eigenvalue weighted by Crippen LogP contribution is 2.08. The Morgan fingerprint density at radius 2 is 1.65 bits per heavy atom. The molecule has 0 saturated heterocycles. The molecule has 0 radical (unpaired) electrons. The van der Waals surface area contributed by atoms with E-state index in [1.54, 1.807) is 19.1 Å². The van der Waals surface area contributed by atoms with Crippen LogP contribution in [0.15, 0.2) is 48.5 Å². The Bertz CT molecular complexity index is 584. The van der Waals surface area contributed by atoms with Gasteiger partial charge < -0.3 is 10.6 Å². The van der Waals surface area contributed by atoms with E-state index < -0.39 is 0 Å². The van der Waals surface area contributed by atoms with Crippen molar-refractivity contribution in [3.05, 3.63) is 71.0 Å². The lowest BCUT2D eigenvalue weighted by molar-refractivity contribution is 0.240. The predicted octanol–water partition coefficient (Wildman–Crippen LogP) is 3.13. The van der Waals surface area contributed by atoms with Gasteiger partial charge in [0.05, 0.1) is 0 Å². The van der Waals surface area contributed by atoms with E-state index in [0.717, 1.165) is 11.1 Å². The lowest BCUT2D eigenvalue weighted by Crippen LogP contribution is -2.34. The molecule has 2 aromatic rings. The molecular weight excluding hydrogens is 255 g/mol.